The molecule has 0 aliphatic carbocycles. The Kier molecular flexibility index (Phi) is 6.98. The van der Waals surface area contributed by atoms with Gasteiger partial charge in [0.15, 0.2) is 0 Å². The lowest BCUT2D eigenvalue weighted by Gasteiger charge is -2.35. The number of alkyl halides is 2. The largest absolute Gasteiger partial charge is 0.339 e. The Morgan fingerprint density at radius 2 is 1.59 bits per heavy atom. The quantitative estimate of drug-likeness (QED) is 0.460. The number of nitrogens with zero attached hydrogens (tertiary/aromatic N) is 4. The normalized spacial score (nSPS) is 18.5. The van der Waals surface area contributed by atoms with Gasteiger partial charge < -0.3 is 19.3 Å². The molecule has 2 aromatic carbocycles. The van der Waals surface area contributed by atoms with Gasteiger partial charge in [-0.2, -0.15) is 0 Å². The van der Waals surface area contributed by atoms with Crippen molar-refractivity contribution in [3.8, 4) is 5.69 Å². The van der Waals surface area contributed by atoms with Crippen molar-refractivity contribution < 1.29 is 18.4 Å². The zero-order valence-electron chi connectivity index (χ0n) is 21.1. The van der Waals surface area contributed by atoms with Gasteiger partial charge in [0.1, 0.15) is 5.69 Å². The van der Waals surface area contributed by atoms with Crippen molar-refractivity contribution in [3.05, 3.63) is 64.8 Å². The van der Waals surface area contributed by atoms with E-state index in [1.807, 2.05) is 23.1 Å². The van der Waals surface area contributed by atoms with Gasteiger partial charge in [0.2, 0.25) is 0 Å². The number of hydrogen-bond donors (Lipinski definition) is 0. The van der Waals surface area contributed by atoms with E-state index in [0.29, 0.717) is 41.1 Å². The molecule has 3 aromatic rings. The number of carbonyl (C=O) groups excluding carboxylic acids is 2. The van der Waals surface area contributed by atoms with Gasteiger partial charge in [-0.3, -0.25) is 9.59 Å². The lowest BCUT2D eigenvalue weighted by atomic mass is 10.0. The molecule has 9 heteroatoms. The van der Waals surface area contributed by atoms with Gasteiger partial charge in [-0.1, -0.05) is 17.7 Å². The second-order valence-electron chi connectivity index (χ2n) is 10.3. The highest BCUT2D eigenvalue weighted by Gasteiger charge is 2.36. The maximum atomic E-state index is 13.7. The van der Waals surface area contributed by atoms with E-state index in [9.17, 15) is 18.4 Å². The molecule has 1 aromatic heterocycles. The van der Waals surface area contributed by atoms with Crippen LogP contribution in [0.3, 0.4) is 0 Å². The van der Waals surface area contributed by atoms with Crippen LogP contribution in [-0.4, -0.2) is 83.3 Å². The van der Waals surface area contributed by atoms with Crippen LogP contribution in [0.15, 0.2) is 48.5 Å². The van der Waals surface area contributed by atoms with Crippen LogP contribution < -0.4 is 0 Å². The third-order valence-corrected chi connectivity index (χ3v) is 7.83. The second kappa shape index (κ2) is 10.1. The first-order valence-corrected chi connectivity index (χ1v) is 13.0. The molecule has 0 atom stereocenters. The van der Waals surface area contributed by atoms with Crippen LogP contribution in [-0.2, 0) is 0 Å². The van der Waals surface area contributed by atoms with Crippen LogP contribution in [0.4, 0.5) is 8.78 Å². The third kappa shape index (κ3) is 5.22. The predicted molar refractivity (Wildman–Crippen MR) is 141 cm³/mol. The second-order valence-corrected chi connectivity index (χ2v) is 10.7. The summed E-state index contributed by atoms with van der Waals surface area (Å²) < 4.78 is 29.3. The summed E-state index contributed by atoms with van der Waals surface area (Å²) in [6.07, 6.45) is 1.16. The van der Waals surface area contributed by atoms with Crippen LogP contribution in [0.5, 0.6) is 0 Å². The topological polar surface area (TPSA) is 48.8 Å². The zero-order valence-corrected chi connectivity index (χ0v) is 21.8. The fourth-order valence-corrected chi connectivity index (χ4v) is 5.55. The van der Waals surface area contributed by atoms with Gasteiger partial charge in [-0.25, -0.2) is 8.78 Å². The fraction of sp³-hybridized carbons (Fsp3) is 0.429. The van der Waals surface area contributed by atoms with Crippen molar-refractivity contribution >= 4 is 34.3 Å². The average Bonchev–Trinajstić information content (AvgIpc) is 3.27. The van der Waals surface area contributed by atoms with Crippen LogP contribution >= 0.6 is 11.6 Å². The van der Waals surface area contributed by atoms with Crippen LogP contribution in [0.25, 0.3) is 16.6 Å². The fourth-order valence-electron chi connectivity index (χ4n) is 5.37. The molecule has 3 heterocycles. The molecule has 0 N–H and O–H groups in total. The standard InChI is InChI=1S/C28H31ClF2N4O2/c1-32(2)22-8-12-33(13-9-22)26(36)19-6-7-24-20(16-19)17-25(35(24)23-5-3-4-21(29)18-23)27(37)34-14-10-28(30,31)11-15-34/h3-7,16-18,22H,8-15H2,1-2H3. The summed E-state index contributed by atoms with van der Waals surface area (Å²) in [5.41, 5.74) is 2.36. The van der Waals surface area contributed by atoms with Crippen molar-refractivity contribution in [2.75, 3.05) is 40.3 Å². The molecular weight excluding hydrogens is 498 g/mol. The first-order valence-electron chi connectivity index (χ1n) is 12.7. The number of carbonyl (C=O) groups is 2. The lowest BCUT2D eigenvalue weighted by Crippen LogP contribution is -2.44. The van der Waals surface area contributed by atoms with E-state index in [0.717, 1.165) is 23.7 Å². The van der Waals surface area contributed by atoms with Crippen LogP contribution in [0.2, 0.25) is 5.02 Å². The van der Waals surface area contributed by atoms with E-state index in [1.165, 1.54) is 4.90 Å². The third-order valence-electron chi connectivity index (χ3n) is 7.60. The molecule has 0 bridgehead atoms. The van der Waals surface area contributed by atoms with E-state index in [1.54, 1.807) is 34.9 Å². The molecule has 196 valence electrons. The molecule has 2 fully saturated rings. The van der Waals surface area contributed by atoms with Crippen molar-refractivity contribution in [3.63, 3.8) is 0 Å². The van der Waals surface area contributed by atoms with Gasteiger partial charge in [0.25, 0.3) is 17.7 Å². The van der Waals surface area contributed by atoms with Crippen LogP contribution in [0.1, 0.15) is 46.5 Å². The Labute approximate surface area is 220 Å². The van der Waals surface area contributed by atoms with E-state index >= 15 is 0 Å². The van der Waals surface area contributed by atoms with Gasteiger partial charge in [0.05, 0.1) is 5.52 Å². The number of likely N-dealkylation sites (tertiary alicyclic amines) is 2. The minimum Gasteiger partial charge on any atom is -0.339 e. The summed E-state index contributed by atoms with van der Waals surface area (Å²) in [7, 11) is 4.13. The molecule has 0 spiro atoms. The molecule has 37 heavy (non-hydrogen) atoms. The highest BCUT2D eigenvalue weighted by Crippen LogP contribution is 2.32. The smallest absolute Gasteiger partial charge is 0.270 e. The number of amides is 2. The van der Waals surface area contributed by atoms with E-state index in [2.05, 4.69) is 19.0 Å². The zero-order chi connectivity index (χ0) is 26.3. The molecule has 2 amide bonds. The Hall–Kier alpha value is -2.97. The molecule has 2 aliphatic rings. The minimum atomic E-state index is -2.74. The highest BCUT2D eigenvalue weighted by molar-refractivity contribution is 6.30. The van der Waals surface area contributed by atoms with Gasteiger partial charge in [-0.15, -0.1) is 0 Å². The van der Waals surface area contributed by atoms with E-state index in [-0.39, 0.29) is 37.7 Å². The number of aromatic nitrogens is 1. The minimum absolute atomic E-state index is 0.00442. The van der Waals surface area contributed by atoms with Crippen molar-refractivity contribution in [1.82, 2.24) is 19.3 Å². The number of fused-ring (bicyclic) bond motifs is 1. The summed E-state index contributed by atoms with van der Waals surface area (Å²) in [6.45, 7) is 1.39. The molecule has 2 saturated heterocycles. The maximum absolute atomic E-state index is 13.7. The molecule has 2 aliphatic heterocycles. The SMILES string of the molecule is CN(C)C1CCN(C(=O)c2ccc3c(c2)cc(C(=O)N2CCC(F)(F)CC2)n3-c2cccc(Cl)c2)CC1. The Bertz CT molecular complexity index is 1320. The van der Waals surface area contributed by atoms with Gasteiger partial charge in [-0.05, 0) is 69.4 Å². The van der Waals surface area contributed by atoms with Crippen molar-refractivity contribution in [2.24, 2.45) is 0 Å². The molecule has 0 radical (unpaired) electrons. The van der Waals surface area contributed by atoms with Crippen molar-refractivity contribution in [1.29, 1.82) is 0 Å². The summed E-state index contributed by atoms with van der Waals surface area (Å²) in [5, 5.41) is 1.25. The number of rotatable bonds is 4. The monoisotopic (exact) mass is 528 g/mol. The Morgan fingerprint density at radius 3 is 2.24 bits per heavy atom. The number of hydrogen-bond acceptors (Lipinski definition) is 3. The highest BCUT2D eigenvalue weighted by atomic mass is 35.5. The number of benzene rings is 2. The Morgan fingerprint density at radius 1 is 0.919 bits per heavy atom. The molecule has 5 rings (SSSR count). The summed E-state index contributed by atoms with van der Waals surface area (Å²) >= 11 is 6.26. The molecule has 0 saturated carbocycles. The summed E-state index contributed by atoms with van der Waals surface area (Å²) in [5.74, 6) is -3.08. The maximum Gasteiger partial charge on any atom is 0.270 e. The first kappa shape index (κ1) is 25.7. The summed E-state index contributed by atoms with van der Waals surface area (Å²) in [6, 6.07) is 14.8. The van der Waals surface area contributed by atoms with Gasteiger partial charge in [0, 0.05) is 66.7 Å². The molecular formula is C28H31ClF2N4O2. The molecule has 6 nitrogen and oxygen atoms in total. The van der Waals surface area contributed by atoms with Crippen LogP contribution in [0, 0.1) is 0 Å². The van der Waals surface area contributed by atoms with E-state index in [4.69, 9.17) is 11.6 Å². The average molecular weight is 529 g/mol. The van der Waals surface area contributed by atoms with Gasteiger partial charge >= 0.3 is 0 Å². The number of piperidine rings is 2. The first-order chi connectivity index (χ1) is 17.6. The predicted octanol–water partition coefficient (Wildman–Crippen LogP) is 5.32. The number of halogens is 3. The molecule has 0 unspecified atom stereocenters. The van der Waals surface area contributed by atoms with Crippen molar-refractivity contribution in [2.45, 2.75) is 37.6 Å². The lowest BCUT2D eigenvalue weighted by molar-refractivity contribution is -0.0495. The summed E-state index contributed by atoms with van der Waals surface area (Å²) in [4.78, 5) is 32.4. The Balaban J connectivity index is 1.49. The van der Waals surface area contributed by atoms with E-state index < -0.39 is 5.92 Å².